The molecule has 1 aromatic rings. The molecule has 2 atom stereocenters. The maximum absolute atomic E-state index is 5.90. The zero-order chi connectivity index (χ0) is 13.0. The molecular formula is C16H25NO. The summed E-state index contributed by atoms with van der Waals surface area (Å²) < 4.78 is 5.90. The fraction of sp³-hybridized carbons (Fsp3) is 0.625. The van der Waals surface area contributed by atoms with E-state index in [1.165, 1.54) is 11.3 Å². The third kappa shape index (κ3) is 3.05. The van der Waals surface area contributed by atoms with Crippen LogP contribution in [0.2, 0.25) is 0 Å². The molecule has 2 unspecified atom stereocenters. The molecule has 0 aromatic heterocycles. The Labute approximate surface area is 111 Å². The molecule has 1 heterocycles. The number of hydrogen-bond acceptors (Lipinski definition) is 2. The molecule has 1 saturated heterocycles. The standard InChI is InChI=1S/C16H25NO/c1-4-13-8-6-7-9-15(13)17-14-10-11-18-16(3,5-2)12-14/h6-9,14,17H,4-5,10-12H2,1-3H3. The largest absolute Gasteiger partial charge is 0.382 e. The van der Waals surface area contributed by atoms with Gasteiger partial charge >= 0.3 is 0 Å². The predicted octanol–water partition coefficient (Wildman–Crippen LogP) is 4.01. The molecule has 0 bridgehead atoms. The SMILES string of the molecule is CCc1ccccc1NC1CCOC(C)(CC)C1. The van der Waals surface area contributed by atoms with Crippen LogP contribution in [0.15, 0.2) is 24.3 Å². The molecule has 2 nitrogen and oxygen atoms in total. The molecule has 1 aromatic carbocycles. The zero-order valence-corrected chi connectivity index (χ0v) is 11.8. The van der Waals surface area contributed by atoms with E-state index in [4.69, 9.17) is 4.74 Å². The summed E-state index contributed by atoms with van der Waals surface area (Å²) in [6, 6.07) is 9.17. The number of hydrogen-bond donors (Lipinski definition) is 1. The van der Waals surface area contributed by atoms with E-state index in [0.717, 1.165) is 32.3 Å². The summed E-state index contributed by atoms with van der Waals surface area (Å²) in [5.41, 5.74) is 2.75. The lowest BCUT2D eigenvalue weighted by atomic mass is 9.89. The Morgan fingerprint density at radius 2 is 2.11 bits per heavy atom. The smallest absolute Gasteiger partial charge is 0.0671 e. The van der Waals surface area contributed by atoms with Crippen LogP contribution in [0.4, 0.5) is 5.69 Å². The first kappa shape index (κ1) is 13.4. The Balaban J connectivity index is 2.05. The van der Waals surface area contributed by atoms with Crippen molar-refractivity contribution in [3.63, 3.8) is 0 Å². The van der Waals surface area contributed by atoms with Crippen LogP contribution < -0.4 is 5.32 Å². The lowest BCUT2D eigenvalue weighted by Crippen LogP contribution is -2.42. The minimum absolute atomic E-state index is 0.0527. The van der Waals surface area contributed by atoms with Crippen LogP contribution in [0.3, 0.4) is 0 Å². The van der Waals surface area contributed by atoms with Gasteiger partial charge in [-0.15, -0.1) is 0 Å². The summed E-state index contributed by atoms with van der Waals surface area (Å²) in [7, 11) is 0. The molecule has 1 fully saturated rings. The second kappa shape index (κ2) is 5.75. The van der Waals surface area contributed by atoms with Crippen LogP contribution in [-0.4, -0.2) is 18.2 Å². The molecule has 1 N–H and O–H groups in total. The molecule has 0 spiro atoms. The van der Waals surface area contributed by atoms with Gasteiger partial charge in [0.2, 0.25) is 0 Å². The molecule has 18 heavy (non-hydrogen) atoms. The van der Waals surface area contributed by atoms with E-state index in [1.807, 2.05) is 0 Å². The first-order valence-electron chi connectivity index (χ1n) is 7.15. The molecular weight excluding hydrogens is 222 g/mol. The van der Waals surface area contributed by atoms with Crippen LogP contribution in [0.1, 0.15) is 45.6 Å². The summed E-state index contributed by atoms with van der Waals surface area (Å²) in [5, 5.41) is 3.71. The zero-order valence-electron chi connectivity index (χ0n) is 11.8. The molecule has 1 aliphatic heterocycles. The fourth-order valence-corrected chi connectivity index (χ4v) is 2.69. The predicted molar refractivity (Wildman–Crippen MR) is 77.1 cm³/mol. The number of nitrogens with one attached hydrogen (secondary N) is 1. The van der Waals surface area contributed by atoms with Gasteiger partial charge in [0.15, 0.2) is 0 Å². The molecule has 0 amide bonds. The number of aryl methyl sites for hydroxylation is 1. The van der Waals surface area contributed by atoms with Gasteiger partial charge in [-0.3, -0.25) is 0 Å². The second-order valence-corrected chi connectivity index (χ2v) is 5.50. The van der Waals surface area contributed by atoms with Crippen LogP contribution in [0, 0.1) is 0 Å². The number of para-hydroxylation sites is 1. The third-order valence-electron chi connectivity index (χ3n) is 4.10. The highest BCUT2D eigenvalue weighted by Gasteiger charge is 2.31. The van der Waals surface area contributed by atoms with E-state index in [-0.39, 0.29) is 5.60 Å². The normalized spacial score (nSPS) is 28.1. The molecule has 1 aliphatic rings. The third-order valence-corrected chi connectivity index (χ3v) is 4.10. The highest BCUT2D eigenvalue weighted by Crippen LogP contribution is 2.30. The van der Waals surface area contributed by atoms with Gasteiger partial charge in [-0.1, -0.05) is 32.0 Å². The minimum atomic E-state index is 0.0527. The summed E-state index contributed by atoms with van der Waals surface area (Å²) in [5.74, 6) is 0. The first-order chi connectivity index (χ1) is 8.67. The topological polar surface area (TPSA) is 21.3 Å². The van der Waals surface area contributed by atoms with E-state index >= 15 is 0 Å². The van der Waals surface area contributed by atoms with Gasteiger partial charge in [0, 0.05) is 18.3 Å². The number of ether oxygens (including phenoxy) is 1. The Bertz CT molecular complexity index is 390. The van der Waals surface area contributed by atoms with Gasteiger partial charge in [-0.05, 0) is 44.2 Å². The van der Waals surface area contributed by atoms with Crippen molar-refractivity contribution >= 4 is 5.69 Å². The van der Waals surface area contributed by atoms with E-state index in [0.29, 0.717) is 6.04 Å². The average Bonchev–Trinajstić information content (AvgIpc) is 2.39. The maximum atomic E-state index is 5.90. The summed E-state index contributed by atoms with van der Waals surface area (Å²) >= 11 is 0. The van der Waals surface area contributed by atoms with E-state index in [9.17, 15) is 0 Å². The Kier molecular flexibility index (Phi) is 4.28. The van der Waals surface area contributed by atoms with Crippen LogP contribution in [0.25, 0.3) is 0 Å². The van der Waals surface area contributed by atoms with Crippen molar-refractivity contribution in [1.29, 1.82) is 0 Å². The van der Waals surface area contributed by atoms with Crippen LogP contribution >= 0.6 is 0 Å². The summed E-state index contributed by atoms with van der Waals surface area (Å²) in [6.07, 6.45) is 4.37. The van der Waals surface area contributed by atoms with Gasteiger partial charge in [0.1, 0.15) is 0 Å². The Morgan fingerprint density at radius 1 is 1.33 bits per heavy atom. The molecule has 2 heteroatoms. The van der Waals surface area contributed by atoms with Gasteiger partial charge in [-0.25, -0.2) is 0 Å². The lowest BCUT2D eigenvalue weighted by Gasteiger charge is -2.38. The first-order valence-corrected chi connectivity index (χ1v) is 7.15. The number of benzene rings is 1. The highest BCUT2D eigenvalue weighted by atomic mass is 16.5. The fourth-order valence-electron chi connectivity index (χ4n) is 2.69. The van der Waals surface area contributed by atoms with Crippen molar-refractivity contribution in [3.05, 3.63) is 29.8 Å². The van der Waals surface area contributed by atoms with E-state index in [2.05, 4.69) is 50.4 Å². The van der Waals surface area contributed by atoms with E-state index < -0.39 is 0 Å². The molecule has 2 rings (SSSR count). The van der Waals surface area contributed by atoms with Crippen LogP contribution in [0.5, 0.6) is 0 Å². The van der Waals surface area contributed by atoms with Crippen molar-refractivity contribution in [2.45, 2.75) is 58.1 Å². The van der Waals surface area contributed by atoms with Crippen molar-refractivity contribution in [1.82, 2.24) is 0 Å². The number of anilines is 1. The lowest BCUT2D eigenvalue weighted by molar-refractivity contribution is -0.0708. The summed E-state index contributed by atoms with van der Waals surface area (Å²) in [6.45, 7) is 7.52. The van der Waals surface area contributed by atoms with Crippen molar-refractivity contribution in [2.24, 2.45) is 0 Å². The highest BCUT2D eigenvalue weighted by molar-refractivity contribution is 5.51. The quantitative estimate of drug-likeness (QED) is 0.868. The molecule has 100 valence electrons. The van der Waals surface area contributed by atoms with E-state index in [1.54, 1.807) is 0 Å². The summed E-state index contributed by atoms with van der Waals surface area (Å²) in [4.78, 5) is 0. The van der Waals surface area contributed by atoms with Crippen molar-refractivity contribution < 1.29 is 4.74 Å². The molecule has 0 radical (unpaired) electrons. The van der Waals surface area contributed by atoms with Gasteiger partial charge < -0.3 is 10.1 Å². The molecule has 0 saturated carbocycles. The van der Waals surface area contributed by atoms with Gasteiger partial charge in [0.05, 0.1) is 5.60 Å². The average molecular weight is 247 g/mol. The van der Waals surface area contributed by atoms with Crippen molar-refractivity contribution in [2.75, 3.05) is 11.9 Å². The monoisotopic (exact) mass is 247 g/mol. The Hall–Kier alpha value is -1.02. The van der Waals surface area contributed by atoms with Crippen LogP contribution in [-0.2, 0) is 11.2 Å². The molecule has 0 aliphatic carbocycles. The second-order valence-electron chi connectivity index (χ2n) is 5.50. The van der Waals surface area contributed by atoms with Gasteiger partial charge in [0.25, 0.3) is 0 Å². The maximum Gasteiger partial charge on any atom is 0.0671 e. The minimum Gasteiger partial charge on any atom is -0.382 e. The van der Waals surface area contributed by atoms with Crippen molar-refractivity contribution in [3.8, 4) is 0 Å². The Morgan fingerprint density at radius 3 is 2.83 bits per heavy atom. The van der Waals surface area contributed by atoms with Gasteiger partial charge in [-0.2, -0.15) is 0 Å². The number of rotatable bonds is 4.